The van der Waals surface area contributed by atoms with Crippen molar-refractivity contribution in [2.45, 2.75) is 39.5 Å². The van der Waals surface area contributed by atoms with Gasteiger partial charge in [-0.3, -0.25) is 4.99 Å². The summed E-state index contributed by atoms with van der Waals surface area (Å²) in [5.74, 6) is 1.06. The highest BCUT2D eigenvalue weighted by atomic mass is 15.0. The molecule has 122 valence electrons. The zero-order chi connectivity index (χ0) is 16.3. The van der Waals surface area contributed by atoms with Gasteiger partial charge in [-0.2, -0.15) is 0 Å². The molecular weight excluding hydrogens is 280 g/mol. The molecule has 0 atom stereocenters. The molecule has 0 saturated heterocycles. The topological polar surface area (TPSA) is 24.4 Å². The number of aliphatic imine (C=N–C) groups is 1. The maximum Gasteiger partial charge on any atom is 0.128 e. The quantitative estimate of drug-likeness (QED) is 0.865. The minimum Gasteiger partial charge on any atom is -0.370 e. The molecule has 0 aromatic heterocycles. The Bertz CT molecular complexity index is 602. The van der Waals surface area contributed by atoms with E-state index in [0.717, 1.165) is 25.3 Å². The molecule has 0 fully saturated rings. The summed E-state index contributed by atoms with van der Waals surface area (Å²) in [4.78, 5) is 4.47. The van der Waals surface area contributed by atoms with Crippen molar-refractivity contribution in [1.82, 2.24) is 5.32 Å². The van der Waals surface area contributed by atoms with E-state index in [0.29, 0.717) is 0 Å². The number of rotatable bonds is 4. The molecule has 0 aliphatic carbocycles. The van der Waals surface area contributed by atoms with Crippen LogP contribution in [0.15, 0.2) is 59.6 Å². The number of hydrogen-bond acceptors (Lipinski definition) is 2. The molecule has 2 nitrogen and oxygen atoms in total. The van der Waals surface area contributed by atoms with Crippen molar-refractivity contribution in [2.24, 2.45) is 4.99 Å². The second kappa shape index (κ2) is 9.83. The number of aryl methyl sites for hydroxylation is 2. The minimum atomic E-state index is 0.955. The zero-order valence-corrected chi connectivity index (χ0v) is 14.4. The van der Waals surface area contributed by atoms with E-state index in [4.69, 9.17) is 0 Å². The number of benzene rings is 2. The van der Waals surface area contributed by atoms with Gasteiger partial charge >= 0.3 is 0 Å². The highest BCUT2D eigenvalue weighted by Crippen LogP contribution is 2.09. The van der Waals surface area contributed by atoms with Crippen molar-refractivity contribution in [3.05, 3.63) is 71.3 Å². The molecule has 1 N–H and O–H groups in total. The first-order chi connectivity index (χ1) is 11.3. The molecule has 1 heterocycles. The van der Waals surface area contributed by atoms with Crippen LogP contribution in [-0.4, -0.2) is 18.9 Å². The predicted octanol–water partition coefficient (Wildman–Crippen LogP) is 4.76. The number of nitrogens with zero attached hydrogens (tertiary/aromatic N) is 1. The lowest BCUT2D eigenvalue weighted by Crippen LogP contribution is -2.30. The molecule has 0 bridgehead atoms. The Morgan fingerprint density at radius 3 is 2.39 bits per heavy atom. The molecule has 0 saturated carbocycles. The van der Waals surface area contributed by atoms with Crippen LogP contribution in [0.25, 0.3) is 0 Å². The van der Waals surface area contributed by atoms with Crippen molar-refractivity contribution in [3.8, 4) is 0 Å². The first kappa shape index (κ1) is 17.3. The van der Waals surface area contributed by atoms with Crippen molar-refractivity contribution in [1.29, 1.82) is 0 Å². The highest BCUT2D eigenvalue weighted by molar-refractivity contribution is 6.00. The summed E-state index contributed by atoms with van der Waals surface area (Å²) in [6.45, 7) is 6.35. The van der Waals surface area contributed by atoms with Crippen LogP contribution in [0.3, 0.4) is 0 Å². The van der Waals surface area contributed by atoms with Gasteiger partial charge < -0.3 is 5.32 Å². The fourth-order valence-corrected chi connectivity index (χ4v) is 2.58. The van der Waals surface area contributed by atoms with E-state index in [-0.39, 0.29) is 0 Å². The van der Waals surface area contributed by atoms with E-state index in [1.165, 1.54) is 36.0 Å². The second-order valence-corrected chi connectivity index (χ2v) is 5.91. The number of hydrogen-bond donors (Lipinski definition) is 1. The van der Waals surface area contributed by atoms with E-state index in [1.54, 1.807) is 0 Å². The van der Waals surface area contributed by atoms with Crippen molar-refractivity contribution < 1.29 is 0 Å². The lowest BCUT2D eigenvalue weighted by atomic mass is 10.1. The minimum absolute atomic E-state index is 0.955. The van der Waals surface area contributed by atoms with Gasteiger partial charge in [-0.05, 0) is 37.3 Å². The fraction of sp³-hybridized carbons (Fsp3) is 0.381. The van der Waals surface area contributed by atoms with E-state index >= 15 is 0 Å². The third-order valence-electron chi connectivity index (χ3n) is 3.96. The Hall–Kier alpha value is -2.09. The normalized spacial score (nSPS) is 13.4. The third kappa shape index (κ3) is 5.90. The summed E-state index contributed by atoms with van der Waals surface area (Å²) in [6.07, 6.45) is 4.98. The van der Waals surface area contributed by atoms with Crippen LogP contribution in [0.1, 0.15) is 42.9 Å². The summed E-state index contributed by atoms with van der Waals surface area (Å²) >= 11 is 0. The smallest absolute Gasteiger partial charge is 0.128 e. The molecule has 0 radical (unpaired) electrons. The van der Waals surface area contributed by atoms with Gasteiger partial charge in [-0.1, -0.05) is 67.9 Å². The average molecular weight is 308 g/mol. The van der Waals surface area contributed by atoms with Gasteiger partial charge in [0.15, 0.2) is 0 Å². The lowest BCUT2D eigenvalue weighted by molar-refractivity contribution is 0.742. The molecule has 2 heteroatoms. The lowest BCUT2D eigenvalue weighted by Gasteiger charge is -2.15. The first-order valence-electron chi connectivity index (χ1n) is 8.69. The van der Waals surface area contributed by atoms with Crippen LogP contribution in [-0.2, 0) is 6.42 Å². The number of unbranched alkanes of at least 4 members (excludes halogenated alkanes) is 1. The first-order valence-corrected chi connectivity index (χ1v) is 8.69. The third-order valence-corrected chi connectivity index (χ3v) is 3.96. The predicted molar refractivity (Wildman–Crippen MR) is 100 cm³/mol. The Balaban J connectivity index is 0.000000174. The van der Waals surface area contributed by atoms with Crippen molar-refractivity contribution in [2.75, 3.05) is 13.1 Å². The monoisotopic (exact) mass is 308 g/mol. The van der Waals surface area contributed by atoms with E-state index in [9.17, 15) is 0 Å². The maximum absolute atomic E-state index is 4.47. The summed E-state index contributed by atoms with van der Waals surface area (Å²) in [6, 6.07) is 19.0. The molecular formula is C21H28N2. The molecule has 2 aromatic rings. The molecule has 1 aliphatic heterocycles. The molecule has 3 rings (SSSR count). The molecule has 2 aromatic carbocycles. The Kier molecular flexibility index (Phi) is 7.38. The van der Waals surface area contributed by atoms with Crippen LogP contribution in [0, 0.1) is 6.92 Å². The fourth-order valence-electron chi connectivity index (χ4n) is 2.58. The summed E-state index contributed by atoms with van der Waals surface area (Å²) in [5, 5.41) is 3.33. The highest BCUT2D eigenvalue weighted by Gasteiger charge is 2.07. The number of nitrogens with one attached hydrogen (secondary N) is 1. The van der Waals surface area contributed by atoms with Crippen LogP contribution in [0.4, 0.5) is 0 Å². The Morgan fingerprint density at radius 2 is 1.74 bits per heavy atom. The standard InChI is InChI=1S/C11H14N2.C10H14/c1-9-5-2-3-6-10(9)11-12-7-4-8-13-11;1-2-3-7-10-8-5-4-6-9-10/h2-3,5-6H,4,7-8H2,1H3,(H,12,13);4-6,8-9H,2-3,7H2,1H3. The molecule has 0 unspecified atom stereocenters. The van der Waals surface area contributed by atoms with Gasteiger partial charge in [0, 0.05) is 18.7 Å². The van der Waals surface area contributed by atoms with Gasteiger partial charge in [0.1, 0.15) is 5.84 Å². The summed E-state index contributed by atoms with van der Waals surface area (Å²) in [7, 11) is 0. The van der Waals surface area contributed by atoms with Crippen LogP contribution >= 0.6 is 0 Å². The molecule has 0 spiro atoms. The second-order valence-electron chi connectivity index (χ2n) is 5.91. The summed E-state index contributed by atoms with van der Waals surface area (Å²) in [5.41, 5.74) is 3.99. The largest absolute Gasteiger partial charge is 0.370 e. The van der Waals surface area contributed by atoms with Gasteiger partial charge in [0.25, 0.3) is 0 Å². The van der Waals surface area contributed by atoms with E-state index in [2.05, 4.69) is 78.8 Å². The average Bonchev–Trinajstić information content (AvgIpc) is 2.62. The van der Waals surface area contributed by atoms with Crippen LogP contribution in [0.2, 0.25) is 0 Å². The number of amidine groups is 1. The Labute approximate surface area is 140 Å². The molecule has 23 heavy (non-hydrogen) atoms. The van der Waals surface area contributed by atoms with Gasteiger partial charge in [0.05, 0.1) is 0 Å². The van der Waals surface area contributed by atoms with Crippen LogP contribution < -0.4 is 5.32 Å². The SMILES string of the molecule is CCCCc1ccccc1.Cc1ccccc1C1=NCCCN1. The zero-order valence-electron chi connectivity index (χ0n) is 14.4. The van der Waals surface area contributed by atoms with Crippen molar-refractivity contribution >= 4 is 5.84 Å². The van der Waals surface area contributed by atoms with Gasteiger partial charge in [-0.25, -0.2) is 0 Å². The summed E-state index contributed by atoms with van der Waals surface area (Å²) < 4.78 is 0. The van der Waals surface area contributed by atoms with E-state index in [1.807, 2.05) is 0 Å². The van der Waals surface area contributed by atoms with Gasteiger partial charge in [-0.15, -0.1) is 0 Å². The Morgan fingerprint density at radius 1 is 1.00 bits per heavy atom. The van der Waals surface area contributed by atoms with Crippen LogP contribution in [0.5, 0.6) is 0 Å². The maximum atomic E-state index is 4.47. The van der Waals surface area contributed by atoms with Crippen molar-refractivity contribution in [3.63, 3.8) is 0 Å². The van der Waals surface area contributed by atoms with E-state index < -0.39 is 0 Å². The molecule has 0 amide bonds. The molecule has 1 aliphatic rings. The van der Waals surface area contributed by atoms with Gasteiger partial charge in [0.2, 0.25) is 0 Å².